The highest BCUT2D eigenvalue weighted by Crippen LogP contribution is 2.58. The molecule has 1 aliphatic rings. The lowest BCUT2D eigenvalue weighted by molar-refractivity contribution is 0.616. The molecule has 24 heavy (non-hydrogen) atoms. The van der Waals surface area contributed by atoms with Crippen molar-refractivity contribution in [3.8, 4) is 24.0 Å². The molecule has 0 aromatic heterocycles. The molecule has 1 aliphatic carbocycles. The molecular formula is C23H27F. The van der Waals surface area contributed by atoms with Crippen molar-refractivity contribution >= 4 is 0 Å². The molecule has 1 saturated carbocycles. The number of halogens is 1. The molecule has 0 aliphatic heterocycles. The van der Waals surface area contributed by atoms with E-state index < -0.39 is 0 Å². The van der Waals surface area contributed by atoms with Gasteiger partial charge in [0.25, 0.3) is 0 Å². The van der Waals surface area contributed by atoms with Crippen molar-refractivity contribution in [1.82, 2.24) is 0 Å². The molecule has 0 heterocycles. The quantitative estimate of drug-likeness (QED) is 0.429. The molecule has 0 radical (unpaired) electrons. The van der Waals surface area contributed by atoms with Crippen LogP contribution >= 0.6 is 0 Å². The Hall–Kier alpha value is -2.33. The lowest BCUT2D eigenvalue weighted by Gasteiger charge is -2.08. The van der Waals surface area contributed by atoms with Crippen LogP contribution in [0.3, 0.4) is 0 Å². The summed E-state index contributed by atoms with van der Waals surface area (Å²) >= 11 is 0. The summed E-state index contributed by atoms with van der Waals surface area (Å²) in [5.74, 6) is 0.448. The van der Waals surface area contributed by atoms with Gasteiger partial charge in [0, 0.05) is 5.56 Å². The van der Waals surface area contributed by atoms with E-state index in [0.717, 1.165) is 17.5 Å². The topological polar surface area (TPSA) is 0 Å². The number of hydrogen-bond donors (Lipinski definition) is 0. The first-order valence-corrected chi connectivity index (χ1v) is 8.28. The zero-order valence-corrected chi connectivity index (χ0v) is 14.9. The fourth-order valence-electron chi connectivity index (χ4n) is 2.63. The molecule has 1 heteroatoms. The van der Waals surface area contributed by atoms with Gasteiger partial charge in [-0.25, -0.2) is 4.39 Å². The standard InChI is InChI=1S/C17H17F.C4H8.C2H2/c1-17(2)11-15(17)13-8-9-16(18)14(10-13)12-6-4-3-5-7-12;1-3-4-2;1-2/h3-10,15H,11H2,1-2H3;3H,1,4H2,2H3;1-2H/t15-;;/m0../s1. The lowest BCUT2D eigenvalue weighted by Crippen LogP contribution is -1.92. The monoisotopic (exact) mass is 322 g/mol. The second kappa shape index (κ2) is 9.08. The second-order valence-corrected chi connectivity index (χ2v) is 6.55. The van der Waals surface area contributed by atoms with Gasteiger partial charge in [-0.2, -0.15) is 0 Å². The maximum atomic E-state index is 13.9. The molecule has 0 spiro atoms. The summed E-state index contributed by atoms with van der Waals surface area (Å²) in [6.07, 6.45) is 12.2. The van der Waals surface area contributed by atoms with Gasteiger partial charge in [0.2, 0.25) is 0 Å². The maximum Gasteiger partial charge on any atom is 0.131 e. The molecule has 0 nitrogen and oxygen atoms in total. The van der Waals surface area contributed by atoms with Crippen LogP contribution in [0.4, 0.5) is 4.39 Å². The Labute approximate surface area is 146 Å². The van der Waals surface area contributed by atoms with Gasteiger partial charge in [-0.3, -0.25) is 0 Å². The van der Waals surface area contributed by atoms with Gasteiger partial charge in [0.1, 0.15) is 5.82 Å². The Morgan fingerprint density at radius 2 is 1.71 bits per heavy atom. The third-order valence-electron chi connectivity index (χ3n) is 4.28. The van der Waals surface area contributed by atoms with Gasteiger partial charge >= 0.3 is 0 Å². The highest BCUT2D eigenvalue weighted by molar-refractivity contribution is 5.65. The zero-order valence-electron chi connectivity index (χ0n) is 14.9. The van der Waals surface area contributed by atoms with Crippen molar-refractivity contribution < 1.29 is 4.39 Å². The normalized spacial score (nSPS) is 16.7. The van der Waals surface area contributed by atoms with Gasteiger partial charge < -0.3 is 0 Å². The van der Waals surface area contributed by atoms with Crippen LogP contribution in [0.5, 0.6) is 0 Å². The van der Waals surface area contributed by atoms with E-state index in [2.05, 4.69) is 40.2 Å². The summed E-state index contributed by atoms with van der Waals surface area (Å²) in [7, 11) is 0. The smallest absolute Gasteiger partial charge is 0.131 e. The Balaban J connectivity index is 0.000000423. The summed E-state index contributed by atoms with van der Waals surface area (Å²) in [5.41, 5.74) is 3.32. The highest BCUT2D eigenvalue weighted by Gasteiger charge is 2.46. The van der Waals surface area contributed by atoms with E-state index >= 15 is 0 Å². The molecule has 3 rings (SSSR count). The van der Waals surface area contributed by atoms with Crippen molar-refractivity contribution in [3.63, 3.8) is 0 Å². The Kier molecular flexibility index (Phi) is 7.46. The number of benzene rings is 2. The number of allylic oxidation sites excluding steroid dienone is 1. The maximum absolute atomic E-state index is 13.9. The number of terminal acetylenes is 1. The van der Waals surface area contributed by atoms with Gasteiger partial charge in [-0.15, -0.1) is 19.4 Å². The van der Waals surface area contributed by atoms with Gasteiger partial charge in [0.15, 0.2) is 0 Å². The summed E-state index contributed by atoms with van der Waals surface area (Å²) in [5, 5.41) is 0. The van der Waals surface area contributed by atoms with Crippen LogP contribution in [0.1, 0.15) is 45.1 Å². The molecule has 1 fully saturated rings. The second-order valence-electron chi connectivity index (χ2n) is 6.55. The number of rotatable bonds is 3. The predicted octanol–water partition coefficient (Wildman–Crippen LogP) is 6.84. The molecule has 0 unspecified atom stereocenters. The minimum Gasteiger partial charge on any atom is -0.206 e. The van der Waals surface area contributed by atoms with Gasteiger partial charge in [0.05, 0.1) is 0 Å². The van der Waals surface area contributed by atoms with Crippen LogP contribution in [0.2, 0.25) is 0 Å². The average molecular weight is 322 g/mol. The van der Waals surface area contributed by atoms with E-state index in [4.69, 9.17) is 0 Å². The molecule has 2 aromatic carbocycles. The molecule has 0 bridgehead atoms. The highest BCUT2D eigenvalue weighted by atomic mass is 19.1. The molecule has 0 saturated heterocycles. The minimum absolute atomic E-state index is 0.136. The Morgan fingerprint density at radius 1 is 1.17 bits per heavy atom. The van der Waals surface area contributed by atoms with Gasteiger partial charge in [-0.1, -0.05) is 63.2 Å². The summed E-state index contributed by atoms with van der Waals surface area (Å²) < 4.78 is 13.9. The first kappa shape index (κ1) is 19.7. The molecule has 0 amide bonds. The van der Waals surface area contributed by atoms with E-state index in [1.165, 1.54) is 12.0 Å². The molecule has 1 atom stereocenters. The van der Waals surface area contributed by atoms with Crippen LogP contribution in [0.15, 0.2) is 61.2 Å². The SMILES string of the molecule is C#C.C=CCC.CC1(C)C[C@H]1c1ccc(F)c(-c2ccccc2)c1. The summed E-state index contributed by atoms with van der Waals surface area (Å²) in [4.78, 5) is 0. The third-order valence-corrected chi connectivity index (χ3v) is 4.28. The van der Waals surface area contributed by atoms with E-state index in [-0.39, 0.29) is 5.82 Å². The molecule has 126 valence electrons. The summed E-state index contributed by atoms with van der Waals surface area (Å²) in [6, 6.07) is 15.3. The third kappa shape index (κ3) is 5.10. The first-order chi connectivity index (χ1) is 11.5. The van der Waals surface area contributed by atoms with Crippen LogP contribution in [-0.4, -0.2) is 0 Å². The van der Waals surface area contributed by atoms with Crippen LogP contribution in [0, 0.1) is 24.1 Å². The van der Waals surface area contributed by atoms with E-state index in [1.807, 2.05) is 48.5 Å². The van der Waals surface area contributed by atoms with Crippen LogP contribution in [-0.2, 0) is 0 Å². The van der Waals surface area contributed by atoms with Crippen molar-refractivity contribution in [2.75, 3.05) is 0 Å². The van der Waals surface area contributed by atoms with Crippen molar-refractivity contribution in [3.05, 3.63) is 72.6 Å². The van der Waals surface area contributed by atoms with Crippen molar-refractivity contribution in [2.45, 2.75) is 39.5 Å². The Bertz CT molecular complexity index is 665. The van der Waals surface area contributed by atoms with Crippen molar-refractivity contribution in [2.24, 2.45) is 5.41 Å². The average Bonchev–Trinajstić information content (AvgIpc) is 3.26. The summed E-state index contributed by atoms with van der Waals surface area (Å²) in [6.45, 7) is 10.1. The van der Waals surface area contributed by atoms with Crippen LogP contribution < -0.4 is 0 Å². The molecule has 2 aromatic rings. The molecular weight excluding hydrogens is 295 g/mol. The van der Waals surface area contributed by atoms with Crippen LogP contribution in [0.25, 0.3) is 11.1 Å². The van der Waals surface area contributed by atoms with E-state index in [9.17, 15) is 4.39 Å². The van der Waals surface area contributed by atoms with E-state index in [0.29, 0.717) is 11.3 Å². The van der Waals surface area contributed by atoms with Gasteiger partial charge in [-0.05, 0) is 47.4 Å². The first-order valence-electron chi connectivity index (χ1n) is 8.28. The molecule has 0 N–H and O–H groups in total. The lowest BCUT2D eigenvalue weighted by atomic mass is 9.97. The Morgan fingerprint density at radius 3 is 2.17 bits per heavy atom. The van der Waals surface area contributed by atoms with E-state index in [1.54, 1.807) is 6.07 Å². The predicted molar refractivity (Wildman–Crippen MR) is 103 cm³/mol. The zero-order chi connectivity index (χ0) is 18.2. The fraction of sp³-hybridized carbons (Fsp3) is 0.304. The number of hydrogen-bond acceptors (Lipinski definition) is 0. The minimum atomic E-state index is -0.136. The fourth-order valence-corrected chi connectivity index (χ4v) is 2.63. The van der Waals surface area contributed by atoms with Crippen molar-refractivity contribution in [1.29, 1.82) is 0 Å². The largest absolute Gasteiger partial charge is 0.206 e.